The molecule has 0 spiro atoms. The van der Waals surface area contributed by atoms with Crippen molar-refractivity contribution in [2.45, 2.75) is 64.1 Å². The zero-order chi connectivity index (χ0) is 19.6. The van der Waals surface area contributed by atoms with Gasteiger partial charge in [0.05, 0.1) is 6.10 Å². The highest BCUT2D eigenvalue weighted by atomic mass is 127. The van der Waals surface area contributed by atoms with Crippen LogP contribution in [0, 0.1) is 0 Å². The first-order valence-corrected chi connectivity index (χ1v) is 10.4. The van der Waals surface area contributed by atoms with Crippen molar-refractivity contribution in [1.82, 2.24) is 25.4 Å². The second-order valence-corrected chi connectivity index (χ2v) is 7.34. The highest BCUT2D eigenvalue weighted by Crippen LogP contribution is 2.18. The molecule has 2 aromatic rings. The molecular weight excluding hydrogens is 479 g/mol. The molecule has 1 fully saturated rings. The summed E-state index contributed by atoms with van der Waals surface area (Å²) in [5, 5.41) is 24.9. The molecule has 0 bridgehead atoms. The molecule has 0 saturated heterocycles. The third-order valence-corrected chi connectivity index (χ3v) is 5.21. The Morgan fingerprint density at radius 1 is 1.21 bits per heavy atom. The van der Waals surface area contributed by atoms with Crippen LogP contribution in [0.1, 0.15) is 44.0 Å². The molecule has 1 aromatic heterocycles. The molecule has 0 radical (unpaired) electrons. The van der Waals surface area contributed by atoms with E-state index in [0.717, 1.165) is 69.9 Å². The van der Waals surface area contributed by atoms with Crippen molar-refractivity contribution in [3.8, 4) is 0 Å². The van der Waals surface area contributed by atoms with E-state index in [4.69, 9.17) is 4.99 Å². The Hall–Kier alpha value is -1.68. The zero-order valence-corrected chi connectivity index (χ0v) is 19.5. The van der Waals surface area contributed by atoms with Gasteiger partial charge < -0.3 is 20.3 Å². The fourth-order valence-corrected chi connectivity index (χ4v) is 3.54. The normalized spacial score (nSPS) is 19.4. The topological polar surface area (TPSA) is 87.4 Å². The van der Waals surface area contributed by atoms with Crippen molar-refractivity contribution in [1.29, 1.82) is 0 Å². The number of halogens is 1. The zero-order valence-electron chi connectivity index (χ0n) is 17.1. The Morgan fingerprint density at radius 3 is 2.69 bits per heavy atom. The number of hydrogen-bond acceptors (Lipinski definition) is 4. The van der Waals surface area contributed by atoms with Crippen LogP contribution in [0.15, 0.2) is 41.7 Å². The Kier molecular flexibility index (Phi) is 10.4. The molecule has 0 atom stereocenters. The Balaban J connectivity index is 0.00000300. The van der Waals surface area contributed by atoms with Crippen LogP contribution in [0.2, 0.25) is 0 Å². The van der Waals surface area contributed by atoms with Gasteiger partial charge in [0.1, 0.15) is 12.2 Å². The lowest BCUT2D eigenvalue weighted by Gasteiger charge is -2.27. The summed E-state index contributed by atoms with van der Waals surface area (Å²) in [4.78, 5) is 4.78. The standard InChI is InChI=1S/C21H32N6O.HI/c1-2-20-26-24-16-27(20)15-14-23-21(25-18-8-10-19(28)11-9-18)22-13-12-17-6-4-3-5-7-17;/h3-7,16,18-19,28H,2,8-15H2,1H3,(H2,22,23,25);1H. The number of aliphatic hydroxyl groups excluding tert-OH is 1. The number of aryl methyl sites for hydroxylation is 1. The van der Waals surface area contributed by atoms with Crippen molar-refractivity contribution in [3.63, 3.8) is 0 Å². The number of nitrogens with zero attached hydrogens (tertiary/aromatic N) is 4. The van der Waals surface area contributed by atoms with Crippen LogP contribution in [0.3, 0.4) is 0 Å². The Bertz CT molecular complexity index is 728. The molecular formula is C21H33IN6O. The van der Waals surface area contributed by atoms with Gasteiger partial charge in [0, 0.05) is 32.1 Å². The van der Waals surface area contributed by atoms with E-state index >= 15 is 0 Å². The minimum absolute atomic E-state index is 0. The number of aromatic nitrogens is 3. The van der Waals surface area contributed by atoms with Crippen LogP contribution in [-0.4, -0.2) is 51.1 Å². The number of rotatable bonds is 8. The summed E-state index contributed by atoms with van der Waals surface area (Å²) in [6, 6.07) is 10.8. The predicted molar refractivity (Wildman–Crippen MR) is 127 cm³/mol. The summed E-state index contributed by atoms with van der Waals surface area (Å²) >= 11 is 0. The van der Waals surface area contributed by atoms with Gasteiger partial charge in [-0.2, -0.15) is 0 Å². The maximum Gasteiger partial charge on any atom is 0.191 e. The predicted octanol–water partition coefficient (Wildman–Crippen LogP) is 2.54. The molecule has 1 heterocycles. The summed E-state index contributed by atoms with van der Waals surface area (Å²) in [6.07, 6.45) is 7.10. The first-order valence-electron chi connectivity index (χ1n) is 10.4. The van der Waals surface area contributed by atoms with Gasteiger partial charge in [-0.3, -0.25) is 4.99 Å². The number of benzene rings is 1. The van der Waals surface area contributed by atoms with Crippen LogP contribution >= 0.6 is 24.0 Å². The molecule has 0 amide bonds. The second-order valence-electron chi connectivity index (χ2n) is 7.34. The minimum atomic E-state index is -0.148. The average Bonchev–Trinajstić information content (AvgIpc) is 3.18. The summed E-state index contributed by atoms with van der Waals surface area (Å²) in [5.74, 6) is 1.85. The molecule has 1 aliphatic carbocycles. The van der Waals surface area contributed by atoms with Crippen LogP contribution < -0.4 is 10.6 Å². The fourth-order valence-electron chi connectivity index (χ4n) is 3.54. The monoisotopic (exact) mass is 512 g/mol. The van der Waals surface area contributed by atoms with Crippen LogP contribution in [0.25, 0.3) is 0 Å². The SMILES string of the molecule is CCc1nncn1CCNC(=NCCc1ccccc1)NC1CCC(O)CC1.I. The molecule has 1 saturated carbocycles. The molecule has 1 aliphatic rings. The molecule has 7 nitrogen and oxygen atoms in total. The molecule has 160 valence electrons. The van der Waals surface area contributed by atoms with E-state index in [1.807, 2.05) is 6.07 Å². The first-order chi connectivity index (χ1) is 13.7. The quantitative estimate of drug-likeness (QED) is 0.288. The highest BCUT2D eigenvalue weighted by Gasteiger charge is 2.20. The van der Waals surface area contributed by atoms with E-state index in [2.05, 4.69) is 56.6 Å². The van der Waals surface area contributed by atoms with Gasteiger partial charge in [-0.15, -0.1) is 34.2 Å². The van der Waals surface area contributed by atoms with Gasteiger partial charge in [0.25, 0.3) is 0 Å². The maximum absolute atomic E-state index is 9.74. The van der Waals surface area contributed by atoms with Crippen molar-refractivity contribution < 1.29 is 5.11 Å². The first kappa shape index (κ1) is 23.6. The highest BCUT2D eigenvalue weighted by molar-refractivity contribution is 14.0. The number of aliphatic imine (C=N–C) groups is 1. The van der Waals surface area contributed by atoms with Crippen molar-refractivity contribution in [3.05, 3.63) is 48.0 Å². The lowest BCUT2D eigenvalue weighted by molar-refractivity contribution is 0.120. The van der Waals surface area contributed by atoms with Crippen LogP contribution in [0.4, 0.5) is 0 Å². The maximum atomic E-state index is 9.74. The largest absolute Gasteiger partial charge is 0.393 e. The number of hydrogen-bond donors (Lipinski definition) is 3. The molecule has 0 aliphatic heterocycles. The third-order valence-electron chi connectivity index (χ3n) is 5.21. The van der Waals surface area contributed by atoms with Gasteiger partial charge in [-0.25, -0.2) is 0 Å². The van der Waals surface area contributed by atoms with Gasteiger partial charge >= 0.3 is 0 Å². The van der Waals surface area contributed by atoms with Gasteiger partial charge in [-0.05, 0) is 37.7 Å². The van der Waals surface area contributed by atoms with Crippen molar-refractivity contribution in [2.75, 3.05) is 13.1 Å². The molecule has 3 rings (SSSR count). The van der Waals surface area contributed by atoms with Gasteiger partial charge in [0.2, 0.25) is 0 Å². The third kappa shape index (κ3) is 7.93. The number of nitrogens with one attached hydrogen (secondary N) is 2. The van der Waals surface area contributed by atoms with Gasteiger partial charge in [0.15, 0.2) is 5.96 Å². The molecule has 1 aromatic carbocycles. The minimum Gasteiger partial charge on any atom is -0.393 e. The summed E-state index contributed by atoms with van der Waals surface area (Å²) in [6.45, 7) is 4.39. The average molecular weight is 512 g/mol. The second kappa shape index (κ2) is 12.8. The number of aliphatic hydroxyl groups is 1. The van der Waals surface area contributed by atoms with Crippen LogP contribution in [-0.2, 0) is 19.4 Å². The van der Waals surface area contributed by atoms with E-state index in [1.54, 1.807) is 6.33 Å². The molecule has 0 unspecified atom stereocenters. The summed E-state index contributed by atoms with van der Waals surface area (Å²) < 4.78 is 2.07. The van der Waals surface area contributed by atoms with E-state index in [9.17, 15) is 5.11 Å². The summed E-state index contributed by atoms with van der Waals surface area (Å²) in [5.41, 5.74) is 1.29. The lowest BCUT2D eigenvalue weighted by atomic mass is 9.93. The van der Waals surface area contributed by atoms with E-state index < -0.39 is 0 Å². The van der Waals surface area contributed by atoms with E-state index in [0.29, 0.717) is 6.04 Å². The van der Waals surface area contributed by atoms with Gasteiger partial charge in [-0.1, -0.05) is 37.3 Å². The lowest BCUT2D eigenvalue weighted by Crippen LogP contribution is -2.46. The molecule has 29 heavy (non-hydrogen) atoms. The Morgan fingerprint density at radius 2 is 1.97 bits per heavy atom. The van der Waals surface area contributed by atoms with Crippen molar-refractivity contribution >= 4 is 29.9 Å². The van der Waals surface area contributed by atoms with E-state index in [-0.39, 0.29) is 30.1 Å². The smallest absolute Gasteiger partial charge is 0.191 e. The van der Waals surface area contributed by atoms with Crippen LogP contribution in [0.5, 0.6) is 0 Å². The van der Waals surface area contributed by atoms with Crippen molar-refractivity contribution in [2.24, 2.45) is 4.99 Å². The summed E-state index contributed by atoms with van der Waals surface area (Å²) in [7, 11) is 0. The van der Waals surface area contributed by atoms with E-state index in [1.165, 1.54) is 5.56 Å². The molecule has 3 N–H and O–H groups in total. The Labute approximate surface area is 190 Å². The number of guanidine groups is 1. The molecule has 8 heteroatoms. The fraction of sp³-hybridized carbons (Fsp3) is 0.571.